The number of hydrogen-bond donors (Lipinski definition) is 1. The zero-order valence-electron chi connectivity index (χ0n) is 30.7. The molecule has 2 aliphatic heterocycles. The summed E-state index contributed by atoms with van der Waals surface area (Å²) in [5, 5.41) is 1.18. The first-order chi connectivity index (χ1) is 26.2. The molecule has 1 saturated heterocycles. The Kier molecular flexibility index (Phi) is 10.7. The molecule has 1 N–H and O–H groups in total. The number of hydrogen-bond acceptors (Lipinski definition) is 12. The van der Waals surface area contributed by atoms with Crippen molar-refractivity contribution in [1.29, 1.82) is 0 Å². The quantitative estimate of drug-likeness (QED) is 0.115. The molecule has 1 saturated carbocycles. The lowest BCUT2D eigenvalue weighted by atomic mass is 9.63. The van der Waals surface area contributed by atoms with Crippen LogP contribution in [-0.2, 0) is 36.8 Å². The molecule has 1 aromatic heterocycles. The minimum atomic E-state index is -1.07. The lowest BCUT2D eigenvalue weighted by Gasteiger charge is -2.52. The molecule has 2 fully saturated rings. The first-order valence-corrected chi connectivity index (χ1v) is 17.7. The van der Waals surface area contributed by atoms with Gasteiger partial charge in [0.15, 0.2) is 11.5 Å². The van der Waals surface area contributed by atoms with Gasteiger partial charge in [-0.05, 0) is 78.6 Å². The molecule has 3 aromatic carbocycles. The van der Waals surface area contributed by atoms with E-state index in [1.54, 1.807) is 7.11 Å². The van der Waals surface area contributed by atoms with Gasteiger partial charge in [0.1, 0.15) is 30.4 Å². The van der Waals surface area contributed by atoms with Crippen LogP contribution in [0.3, 0.4) is 0 Å². The molecule has 0 bridgehead atoms. The Morgan fingerprint density at radius 2 is 1.65 bits per heavy atom. The van der Waals surface area contributed by atoms with Gasteiger partial charge in [0.25, 0.3) is 0 Å². The van der Waals surface area contributed by atoms with E-state index >= 15 is 0 Å². The molecule has 286 valence electrons. The fraction of sp³-hybridized carbons (Fsp3) is 0.425. The Bertz CT molecular complexity index is 2010. The van der Waals surface area contributed by atoms with Crippen molar-refractivity contribution in [2.75, 3.05) is 48.6 Å². The van der Waals surface area contributed by atoms with Crippen LogP contribution in [0.5, 0.6) is 23.0 Å². The number of ether oxygens (including phenoxy) is 8. The molecule has 0 radical (unpaired) electrons. The normalized spacial score (nSPS) is 23.3. The molecule has 13 nitrogen and oxygen atoms in total. The highest BCUT2D eigenvalue weighted by molar-refractivity contribution is 5.92. The van der Waals surface area contributed by atoms with E-state index in [9.17, 15) is 18.8 Å². The minimum absolute atomic E-state index is 0.0117. The predicted octanol–water partition coefficient (Wildman–Crippen LogP) is 6.02. The van der Waals surface area contributed by atoms with Gasteiger partial charge in [-0.1, -0.05) is 12.1 Å². The van der Waals surface area contributed by atoms with Gasteiger partial charge in [0.05, 0.1) is 46.0 Å². The van der Waals surface area contributed by atoms with E-state index < -0.39 is 42.0 Å². The number of methoxy groups -OCH3 is 5. The van der Waals surface area contributed by atoms with Crippen molar-refractivity contribution in [3.05, 3.63) is 82.8 Å². The van der Waals surface area contributed by atoms with E-state index in [0.29, 0.717) is 24.9 Å². The maximum atomic E-state index is 13.8. The summed E-state index contributed by atoms with van der Waals surface area (Å²) in [6.07, 6.45) is -0.567. The summed E-state index contributed by atoms with van der Waals surface area (Å²) in [5.41, 5.74) is 4.08. The molecule has 3 aliphatic rings. The zero-order chi connectivity index (χ0) is 38.1. The van der Waals surface area contributed by atoms with Gasteiger partial charge >= 0.3 is 18.1 Å². The van der Waals surface area contributed by atoms with Crippen molar-refractivity contribution < 1.29 is 56.7 Å². The third-order valence-corrected chi connectivity index (χ3v) is 11.0. The third kappa shape index (κ3) is 7.03. The van der Waals surface area contributed by atoms with Crippen molar-refractivity contribution in [1.82, 2.24) is 9.88 Å². The second kappa shape index (κ2) is 15.6. The summed E-state index contributed by atoms with van der Waals surface area (Å²) in [4.78, 5) is 46.1. The van der Waals surface area contributed by atoms with Crippen molar-refractivity contribution in [3.8, 4) is 23.0 Å². The lowest BCUT2D eigenvalue weighted by molar-refractivity contribution is -0.176. The van der Waals surface area contributed by atoms with E-state index in [-0.39, 0.29) is 47.3 Å². The SMILES string of the molecule is COC(=O)[C@H]1[C@H]2C[C@@H]3c4[nH]c5cc(OC)ccc5c4CCN3C[C@H]2C[C@@H](OC(=O)c2cc(OC)c(OC(=O)OCc3ccc(F)cc3)c(OC)c2)[C@@H]1OC. The number of aromatic nitrogens is 1. The molecule has 4 aromatic rings. The minimum Gasteiger partial charge on any atom is -0.497 e. The Hall–Kier alpha value is -5.34. The second-order valence-corrected chi connectivity index (χ2v) is 13.8. The number of esters is 2. The van der Waals surface area contributed by atoms with Crippen LogP contribution in [0.2, 0.25) is 0 Å². The first kappa shape index (κ1) is 37.0. The topological polar surface area (TPSA) is 144 Å². The molecule has 14 heteroatoms. The smallest absolute Gasteiger partial charge is 0.497 e. The van der Waals surface area contributed by atoms with Crippen molar-refractivity contribution in [2.24, 2.45) is 17.8 Å². The van der Waals surface area contributed by atoms with Crippen molar-refractivity contribution >= 4 is 29.0 Å². The van der Waals surface area contributed by atoms with E-state index in [1.165, 1.54) is 75.8 Å². The highest BCUT2D eigenvalue weighted by Gasteiger charge is 2.54. The van der Waals surface area contributed by atoms with Gasteiger partial charge in [-0.3, -0.25) is 9.69 Å². The number of carbonyl (C=O) groups is 3. The predicted molar refractivity (Wildman–Crippen MR) is 191 cm³/mol. The maximum absolute atomic E-state index is 13.8. The third-order valence-electron chi connectivity index (χ3n) is 11.0. The molecule has 3 heterocycles. The van der Waals surface area contributed by atoms with E-state index in [4.69, 9.17) is 37.9 Å². The molecular weight excluding hydrogens is 703 g/mol. The molecule has 54 heavy (non-hydrogen) atoms. The first-order valence-electron chi connectivity index (χ1n) is 17.7. The number of nitrogens with one attached hydrogen (secondary N) is 1. The summed E-state index contributed by atoms with van der Waals surface area (Å²) in [5.74, 6) is -1.62. The standard InChI is InChI=1S/C40H43FN2O11/c1-47-25-10-11-26-27-12-13-43-19-23-16-33(37(50-4)34(39(45)51-5)28(23)18-30(43)35(27)42-29(26)17-25)53-38(44)22-14-31(48-2)36(32(15-22)49-3)54-40(46)52-20-21-6-8-24(41)9-7-21/h6-11,14-15,17,23,28,30,33-34,37,42H,12-13,16,18-20H2,1-5H3/t23-,28+,30-,33-,34+,37+/m1/s1. The van der Waals surface area contributed by atoms with E-state index in [0.717, 1.165) is 29.9 Å². The highest BCUT2D eigenvalue weighted by atomic mass is 19.1. The Labute approximate surface area is 311 Å². The molecular formula is C40H43FN2O11. The zero-order valence-corrected chi connectivity index (χ0v) is 30.7. The van der Waals surface area contributed by atoms with Crippen LogP contribution < -0.4 is 18.9 Å². The lowest BCUT2D eigenvalue weighted by Crippen LogP contribution is -2.58. The van der Waals surface area contributed by atoms with Gasteiger partial charge in [-0.15, -0.1) is 0 Å². The molecule has 1 aliphatic carbocycles. The molecule has 0 unspecified atom stereocenters. The largest absolute Gasteiger partial charge is 0.514 e. The number of nitrogens with zero attached hydrogens (tertiary/aromatic N) is 1. The Morgan fingerprint density at radius 3 is 2.31 bits per heavy atom. The monoisotopic (exact) mass is 746 g/mol. The van der Waals surface area contributed by atoms with Gasteiger partial charge < -0.3 is 42.9 Å². The molecule has 7 rings (SSSR count). The fourth-order valence-electron chi connectivity index (χ4n) is 8.50. The van der Waals surface area contributed by atoms with Crippen molar-refractivity contribution in [2.45, 2.75) is 44.1 Å². The van der Waals surface area contributed by atoms with Crippen LogP contribution in [-0.4, -0.2) is 88.8 Å². The summed E-state index contributed by atoms with van der Waals surface area (Å²) >= 11 is 0. The van der Waals surface area contributed by atoms with Gasteiger partial charge in [0, 0.05) is 42.9 Å². The average Bonchev–Trinajstić information content (AvgIpc) is 3.57. The summed E-state index contributed by atoms with van der Waals surface area (Å²) in [6.45, 7) is 1.40. The number of piperidine rings is 1. The summed E-state index contributed by atoms with van der Waals surface area (Å²) in [6, 6.07) is 14.3. The molecule has 0 spiro atoms. The molecule has 0 amide bonds. The Balaban J connectivity index is 1.10. The number of aromatic amines is 1. The Morgan fingerprint density at radius 1 is 0.907 bits per heavy atom. The van der Waals surface area contributed by atoms with Gasteiger partial charge in [-0.25, -0.2) is 14.0 Å². The van der Waals surface area contributed by atoms with E-state index in [1.807, 2.05) is 12.1 Å². The van der Waals surface area contributed by atoms with Gasteiger partial charge in [-0.2, -0.15) is 0 Å². The van der Waals surface area contributed by atoms with Gasteiger partial charge in [0.2, 0.25) is 5.75 Å². The van der Waals surface area contributed by atoms with Crippen molar-refractivity contribution in [3.63, 3.8) is 0 Å². The fourth-order valence-corrected chi connectivity index (χ4v) is 8.50. The summed E-state index contributed by atoms with van der Waals surface area (Å²) < 4.78 is 57.7. The number of rotatable bonds is 10. The average molecular weight is 747 g/mol. The van der Waals surface area contributed by atoms with E-state index in [2.05, 4.69) is 16.0 Å². The van der Waals surface area contributed by atoms with Crippen LogP contribution >= 0.6 is 0 Å². The van der Waals surface area contributed by atoms with Crippen LogP contribution in [0.1, 0.15) is 46.1 Å². The number of fused-ring (bicyclic) bond motifs is 6. The molecule has 6 atom stereocenters. The number of halogens is 1. The second-order valence-electron chi connectivity index (χ2n) is 13.8. The maximum Gasteiger partial charge on any atom is 0.514 e. The number of benzene rings is 3. The van der Waals surface area contributed by atoms with Crippen LogP contribution in [0.15, 0.2) is 54.6 Å². The highest BCUT2D eigenvalue weighted by Crippen LogP contribution is 2.51. The number of carbonyl (C=O) groups excluding carboxylic acids is 3. The van der Waals surface area contributed by atoms with Crippen LogP contribution in [0.4, 0.5) is 9.18 Å². The van der Waals surface area contributed by atoms with Crippen LogP contribution in [0, 0.1) is 23.6 Å². The summed E-state index contributed by atoms with van der Waals surface area (Å²) in [7, 11) is 7.21. The van der Waals surface area contributed by atoms with Crippen LogP contribution in [0.25, 0.3) is 10.9 Å². The number of H-pyrrole nitrogens is 1.